The predicted molar refractivity (Wildman–Crippen MR) is 84.7 cm³/mol. The third kappa shape index (κ3) is 3.84. The third-order valence-electron chi connectivity index (χ3n) is 4.69. The number of hydrogen-bond donors (Lipinski definition) is 0. The van der Waals surface area contributed by atoms with E-state index in [1.165, 1.54) is 6.42 Å². The summed E-state index contributed by atoms with van der Waals surface area (Å²) in [4.78, 5) is 26.3. The minimum atomic E-state index is -0.479. The fourth-order valence-electron chi connectivity index (χ4n) is 3.50. The molecule has 1 saturated carbocycles. The number of esters is 1. The van der Waals surface area contributed by atoms with E-state index >= 15 is 0 Å². The number of benzene rings is 1. The van der Waals surface area contributed by atoms with Crippen molar-refractivity contribution in [2.75, 3.05) is 13.2 Å². The van der Waals surface area contributed by atoms with Gasteiger partial charge in [0.25, 0.3) is 0 Å². The van der Waals surface area contributed by atoms with Crippen molar-refractivity contribution < 1.29 is 19.1 Å². The maximum atomic E-state index is 12.5. The number of cyclic esters (lactones) is 1. The molecule has 1 amide bonds. The van der Waals surface area contributed by atoms with Crippen LogP contribution in [0.1, 0.15) is 37.7 Å². The summed E-state index contributed by atoms with van der Waals surface area (Å²) in [5, 5.41) is 0. The Morgan fingerprint density at radius 3 is 2.65 bits per heavy atom. The highest BCUT2D eigenvalue weighted by Gasteiger charge is 2.41. The van der Waals surface area contributed by atoms with E-state index in [2.05, 4.69) is 0 Å². The summed E-state index contributed by atoms with van der Waals surface area (Å²) in [6.07, 6.45) is 4.96. The molecule has 2 fully saturated rings. The van der Waals surface area contributed by atoms with Gasteiger partial charge in [-0.1, -0.05) is 49.6 Å². The van der Waals surface area contributed by atoms with Gasteiger partial charge in [-0.2, -0.15) is 0 Å². The first kappa shape index (κ1) is 15.8. The summed E-state index contributed by atoms with van der Waals surface area (Å²) < 4.78 is 10.6. The van der Waals surface area contributed by atoms with Crippen LogP contribution in [0.3, 0.4) is 0 Å². The second-order valence-corrected chi connectivity index (χ2v) is 6.24. The van der Waals surface area contributed by atoms with Crippen LogP contribution in [0.25, 0.3) is 0 Å². The molecule has 1 atom stereocenters. The minimum absolute atomic E-state index is 0.195. The zero-order valence-corrected chi connectivity index (χ0v) is 13.3. The highest BCUT2D eigenvalue weighted by molar-refractivity contribution is 5.82. The van der Waals surface area contributed by atoms with Crippen molar-refractivity contribution in [3.05, 3.63) is 35.9 Å². The SMILES string of the molecule is O=C1OCCN(C(=O)OCc2ccccc2)C1C1CCCCC1. The lowest BCUT2D eigenvalue weighted by atomic mass is 9.83. The van der Waals surface area contributed by atoms with Crippen LogP contribution in [0.4, 0.5) is 4.79 Å². The molecule has 1 heterocycles. The second kappa shape index (κ2) is 7.49. The first-order chi connectivity index (χ1) is 11.3. The Kier molecular flexibility index (Phi) is 5.16. The van der Waals surface area contributed by atoms with Gasteiger partial charge in [0.15, 0.2) is 0 Å². The predicted octanol–water partition coefficient (Wildman–Crippen LogP) is 3.13. The molecule has 0 radical (unpaired) electrons. The zero-order valence-electron chi connectivity index (χ0n) is 13.3. The van der Waals surface area contributed by atoms with Crippen LogP contribution in [0.15, 0.2) is 30.3 Å². The maximum Gasteiger partial charge on any atom is 0.410 e. The first-order valence-corrected chi connectivity index (χ1v) is 8.39. The van der Waals surface area contributed by atoms with E-state index in [4.69, 9.17) is 9.47 Å². The van der Waals surface area contributed by atoms with Crippen LogP contribution in [0.2, 0.25) is 0 Å². The van der Waals surface area contributed by atoms with Crippen LogP contribution < -0.4 is 0 Å². The topological polar surface area (TPSA) is 55.8 Å². The normalized spacial score (nSPS) is 22.5. The smallest absolute Gasteiger partial charge is 0.410 e. The van der Waals surface area contributed by atoms with Gasteiger partial charge in [0.05, 0.1) is 6.54 Å². The molecule has 1 unspecified atom stereocenters. The Labute approximate surface area is 136 Å². The summed E-state index contributed by atoms with van der Waals surface area (Å²) in [5.41, 5.74) is 0.939. The summed E-state index contributed by atoms with van der Waals surface area (Å²) in [5.74, 6) is -0.0827. The molecule has 124 valence electrons. The molecular weight excluding hydrogens is 294 g/mol. The van der Waals surface area contributed by atoms with Crippen molar-refractivity contribution in [3.63, 3.8) is 0 Å². The lowest BCUT2D eigenvalue weighted by Crippen LogP contribution is -2.55. The van der Waals surface area contributed by atoms with Crippen molar-refractivity contribution in [1.82, 2.24) is 4.90 Å². The van der Waals surface area contributed by atoms with Gasteiger partial charge >= 0.3 is 12.1 Å². The van der Waals surface area contributed by atoms with Gasteiger partial charge in [-0.15, -0.1) is 0 Å². The zero-order chi connectivity index (χ0) is 16.1. The molecule has 2 aliphatic rings. The van der Waals surface area contributed by atoms with Crippen molar-refractivity contribution in [1.29, 1.82) is 0 Å². The molecular formula is C18H23NO4. The first-order valence-electron chi connectivity index (χ1n) is 8.39. The molecule has 1 aromatic carbocycles. The van der Waals surface area contributed by atoms with E-state index in [9.17, 15) is 9.59 Å². The molecule has 1 saturated heterocycles. The number of morpholine rings is 1. The highest BCUT2D eigenvalue weighted by atomic mass is 16.6. The van der Waals surface area contributed by atoms with Gasteiger partial charge in [0, 0.05) is 0 Å². The van der Waals surface area contributed by atoms with E-state index in [1.54, 1.807) is 4.90 Å². The van der Waals surface area contributed by atoms with E-state index in [0.29, 0.717) is 6.54 Å². The van der Waals surface area contributed by atoms with E-state index in [1.807, 2.05) is 30.3 Å². The Morgan fingerprint density at radius 2 is 1.91 bits per heavy atom. The van der Waals surface area contributed by atoms with Gasteiger partial charge in [-0.25, -0.2) is 9.59 Å². The van der Waals surface area contributed by atoms with Crippen LogP contribution in [-0.2, 0) is 20.9 Å². The molecule has 0 bridgehead atoms. The van der Waals surface area contributed by atoms with Gasteiger partial charge in [-0.05, 0) is 24.3 Å². The molecule has 3 rings (SSSR count). The van der Waals surface area contributed by atoms with Gasteiger partial charge < -0.3 is 9.47 Å². The lowest BCUT2D eigenvalue weighted by molar-refractivity contribution is -0.159. The molecule has 0 spiro atoms. The van der Waals surface area contributed by atoms with Crippen molar-refractivity contribution >= 4 is 12.1 Å². The van der Waals surface area contributed by atoms with Crippen LogP contribution in [-0.4, -0.2) is 36.2 Å². The van der Waals surface area contributed by atoms with Gasteiger partial charge in [0.2, 0.25) is 0 Å². The summed E-state index contributed by atoms with van der Waals surface area (Å²) in [6.45, 7) is 0.894. The highest BCUT2D eigenvalue weighted by Crippen LogP contribution is 2.31. The Balaban J connectivity index is 1.65. The second-order valence-electron chi connectivity index (χ2n) is 6.24. The average molecular weight is 317 g/mol. The van der Waals surface area contributed by atoms with Crippen molar-refractivity contribution in [2.45, 2.75) is 44.8 Å². The number of hydrogen-bond acceptors (Lipinski definition) is 4. The molecule has 23 heavy (non-hydrogen) atoms. The summed E-state index contributed by atoms with van der Waals surface area (Å²) >= 11 is 0. The van der Waals surface area contributed by atoms with E-state index < -0.39 is 12.1 Å². The van der Waals surface area contributed by atoms with Crippen LogP contribution in [0, 0.1) is 5.92 Å². The molecule has 1 aliphatic heterocycles. The molecule has 1 aliphatic carbocycles. The van der Waals surface area contributed by atoms with Gasteiger partial charge in [-0.3, -0.25) is 4.90 Å². The number of carbonyl (C=O) groups is 2. The van der Waals surface area contributed by atoms with Crippen LogP contribution in [0.5, 0.6) is 0 Å². The number of nitrogens with zero attached hydrogens (tertiary/aromatic N) is 1. The fraction of sp³-hybridized carbons (Fsp3) is 0.556. The van der Waals surface area contributed by atoms with Crippen molar-refractivity contribution in [3.8, 4) is 0 Å². The molecule has 1 aromatic rings. The molecule has 5 heteroatoms. The monoisotopic (exact) mass is 317 g/mol. The maximum absolute atomic E-state index is 12.5. The quantitative estimate of drug-likeness (QED) is 0.804. The standard InChI is InChI=1S/C18H23NO4/c20-17-16(15-9-5-2-6-10-15)19(11-12-22-17)18(21)23-13-14-7-3-1-4-8-14/h1,3-4,7-8,15-16H,2,5-6,9-13H2. The molecule has 0 N–H and O–H groups in total. The van der Waals surface area contributed by atoms with E-state index in [-0.39, 0.29) is 25.1 Å². The Morgan fingerprint density at radius 1 is 1.17 bits per heavy atom. The van der Waals surface area contributed by atoms with Crippen molar-refractivity contribution in [2.24, 2.45) is 5.92 Å². The van der Waals surface area contributed by atoms with Gasteiger partial charge in [0.1, 0.15) is 19.3 Å². The molecule has 0 aromatic heterocycles. The number of amides is 1. The van der Waals surface area contributed by atoms with Crippen LogP contribution >= 0.6 is 0 Å². The lowest BCUT2D eigenvalue weighted by Gasteiger charge is -2.39. The number of carbonyl (C=O) groups excluding carboxylic acids is 2. The molecule has 5 nitrogen and oxygen atoms in total. The largest absolute Gasteiger partial charge is 0.462 e. The number of ether oxygens (including phenoxy) is 2. The summed E-state index contributed by atoms with van der Waals surface area (Å²) in [7, 11) is 0. The minimum Gasteiger partial charge on any atom is -0.462 e. The Bertz CT molecular complexity index is 539. The Hall–Kier alpha value is -2.04. The fourth-order valence-corrected chi connectivity index (χ4v) is 3.50. The van der Waals surface area contributed by atoms with E-state index in [0.717, 1.165) is 31.2 Å². The average Bonchev–Trinajstić information content (AvgIpc) is 2.61. The number of rotatable bonds is 3. The summed E-state index contributed by atoms with van der Waals surface area (Å²) in [6, 6.07) is 9.09. The third-order valence-corrected chi connectivity index (χ3v) is 4.69.